The fraction of sp³-hybridized carbons (Fsp3) is 0.562. The molecule has 1 aliphatic carbocycles. The van der Waals surface area contributed by atoms with E-state index in [1.54, 1.807) is 6.07 Å². The van der Waals surface area contributed by atoms with Gasteiger partial charge < -0.3 is 10.6 Å². The van der Waals surface area contributed by atoms with Crippen LogP contribution < -0.4 is 10.6 Å². The Hall–Kier alpha value is -0.560. The van der Waals surface area contributed by atoms with Crippen LogP contribution in [0.1, 0.15) is 37.7 Å². The predicted molar refractivity (Wildman–Crippen MR) is 99.9 cm³/mol. The van der Waals surface area contributed by atoms with Gasteiger partial charge in [0.25, 0.3) is 0 Å². The maximum absolute atomic E-state index is 14.5. The molecule has 3 rings (SSSR count). The van der Waals surface area contributed by atoms with Crippen molar-refractivity contribution in [3.63, 3.8) is 0 Å². The summed E-state index contributed by atoms with van der Waals surface area (Å²) in [6, 6.07) is 5.34. The number of nitrogens with one attached hydrogen (secondary N) is 2. The van der Waals surface area contributed by atoms with Crippen LogP contribution in [0.5, 0.6) is 0 Å². The maximum atomic E-state index is 14.5. The lowest BCUT2D eigenvalue weighted by molar-refractivity contribution is 0.409. The quantitative estimate of drug-likeness (QED) is 0.705. The molecule has 2 N–H and O–H groups in total. The molecule has 0 spiro atoms. The summed E-state index contributed by atoms with van der Waals surface area (Å²) < 4.78 is 14.5. The van der Waals surface area contributed by atoms with Gasteiger partial charge in [-0.2, -0.15) is 0 Å². The third-order valence-electron chi connectivity index (χ3n) is 4.58. The van der Waals surface area contributed by atoms with Crippen molar-refractivity contribution in [3.05, 3.63) is 34.6 Å². The van der Waals surface area contributed by atoms with Gasteiger partial charge in [0.15, 0.2) is 5.96 Å². The van der Waals surface area contributed by atoms with Gasteiger partial charge in [-0.05, 0) is 30.9 Å². The molecule has 1 heterocycles. The minimum absolute atomic E-state index is 0. The lowest BCUT2D eigenvalue weighted by atomic mass is 9.78. The Morgan fingerprint density at radius 3 is 2.73 bits per heavy atom. The highest BCUT2D eigenvalue weighted by Gasteiger charge is 2.38. The summed E-state index contributed by atoms with van der Waals surface area (Å²) in [5.41, 5.74) is 0.577. The molecule has 6 heteroatoms. The summed E-state index contributed by atoms with van der Waals surface area (Å²) in [7, 11) is 0. The monoisotopic (exact) mass is 437 g/mol. The van der Waals surface area contributed by atoms with Crippen molar-refractivity contribution in [1.29, 1.82) is 0 Å². The average Bonchev–Trinajstić information content (AvgIpc) is 2.99. The minimum Gasteiger partial charge on any atom is -0.356 e. The molecule has 0 unspecified atom stereocenters. The van der Waals surface area contributed by atoms with Crippen molar-refractivity contribution in [3.8, 4) is 0 Å². The summed E-state index contributed by atoms with van der Waals surface area (Å²) in [5, 5.41) is 6.85. The fourth-order valence-corrected chi connectivity index (χ4v) is 3.58. The summed E-state index contributed by atoms with van der Waals surface area (Å²) >= 11 is 5.97. The van der Waals surface area contributed by atoms with Crippen LogP contribution in [0.2, 0.25) is 5.02 Å². The zero-order valence-electron chi connectivity index (χ0n) is 12.5. The SMILES string of the molecule is Fc1c(Cl)cccc1C1(CNC2=NCCCN2)CCCC1.I. The zero-order chi connectivity index (χ0) is 14.7. The number of benzene rings is 1. The Kier molecular flexibility index (Phi) is 6.32. The molecular weight excluding hydrogens is 416 g/mol. The summed E-state index contributed by atoms with van der Waals surface area (Å²) in [6.45, 7) is 2.51. The molecule has 1 aromatic rings. The molecule has 0 radical (unpaired) electrons. The number of guanidine groups is 1. The molecule has 1 fully saturated rings. The summed E-state index contributed by atoms with van der Waals surface area (Å²) in [6.07, 6.45) is 5.31. The molecule has 2 aliphatic rings. The number of aliphatic imine (C=N–C) groups is 1. The average molecular weight is 438 g/mol. The number of hydrogen-bond donors (Lipinski definition) is 2. The third-order valence-corrected chi connectivity index (χ3v) is 4.87. The molecule has 0 atom stereocenters. The molecule has 1 aliphatic heterocycles. The van der Waals surface area contributed by atoms with E-state index < -0.39 is 0 Å². The van der Waals surface area contributed by atoms with Gasteiger partial charge in [0.05, 0.1) is 5.02 Å². The van der Waals surface area contributed by atoms with Crippen molar-refractivity contribution >= 4 is 41.5 Å². The van der Waals surface area contributed by atoms with Crippen molar-refractivity contribution < 1.29 is 4.39 Å². The van der Waals surface area contributed by atoms with Crippen LogP contribution in [0, 0.1) is 5.82 Å². The normalized spacial score (nSPS) is 19.8. The first-order valence-corrected chi connectivity index (χ1v) is 8.06. The van der Waals surface area contributed by atoms with Crippen LogP contribution in [0.3, 0.4) is 0 Å². The Morgan fingerprint density at radius 1 is 1.27 bits per heavy atom. The van der Waals surface area contributed by atoms with E-state index in [4.69, 9.17) is 11.6 Å². The van der Waals surface area contributed by atoms with E-state index in [9.17, 15) is 4.39 Å². The standard InChI is InChI=1S/C16H21ClFN3.HI/c17-13-6-3-5-12(14(13)18)16(7-1-2-8-16)11-21-15-19-9-4-10-20-15;/h3,5-6H,1-2,4,7-11H2,(H2,19,20,21);1H. The Bertz CT molecular complexity index is 544. The second kappa shape index (κ2) is 7.81. The van der Waals surface area contributed by atoms with E-state index in [0.717, 1.165) is 56.7 Å². The molecule has 122 valence electrons. The highest BCUT2D eigenvalue weighted by Crippen LogP contribution is 2.42. The van der Waals surface area contributed by atoms with Crippen molar-refractivity contribution in [2.45, 2.75) is 37.5 Å². The predicted octanol–water partition coefficient (Wildman–Crippen LogP) is 3.85. The van der Waals surface area contributed by atoms with Gasteiger partial charge in [-0.25, -0.2) is 4.39 Å². The van der Waals surface area contributed by atoms with Gasteiger partial charge in [-0.3, -0.25) is 4.99 Å². The van der Waals surface area contributed by atoms with Crippen molar-refractivity contribution in [2.24, 2.45) is 4.99 Å². The molecule has 0 amide bonds. The Morgan fingerprint density at radius 2 is 2.05 bits per heavy atom. The van der Waals surface area contributed by atoms with Gasteiger partial charge in [0.2, 0.25) is 0 Å². The van der Waals surface area contributed by atoms with Crippen LogP contribution in [0.15, 0.2) is 23.2 Å². The molecule has 22 heavy (non-hydrogen) atoms. The highest BCUT2D eigenvalue weighted by molar-refractivity contribution is 14.0. The van der Waals surface area contributed by atoms with Crippen LogP contribution in [-0.2, 0) is 5.41 Å². The van der Waals surface area contributed by atoms with Crippen molar-refractivity contribution in [1.82, 2.24) is 10.6 Å². The van der Waals surface area contributed by atoms with E-state index >= 15 is 0 Å². The smallest absolute Gasteiger partial charge is 0.191 e. The molecular formula is C16H22ClFIN3. The van der Waals surface area contributed by atoms with Crippen LogP contribution in [0.4, 0.5) is 4.39 Å². The fourth-order valence-electron chi connectivity index (χ4n) is 3.41. The molecule has 1 saturated carbocycles. The van der Waals surface area contributed by atoms with Gasteiger partial charge in [0, 0.05) is 25.0 Å². The van der Waals surface area contributed by atoms with Crippen LogP contribution in [0.25, 0.3) is 0 Å². The summed E-state index contributed by atoms with van der Waals surface area (Å²) in [4.78, 5) is 4.43. The first kappa shape index (κ1) is 17.8. The first-order chi connectivity index (χ1) is 10.2. The van der Waals surface area contributed by atoms with E-state index in [2.05, 4.69) is 15.6 Å². The second-order valence-electron chi connectivity index (χ2n) is 5.95. The molecule has 1 aromatic carbocycles. The van der Waals surface area contributed by atoms with Crippen LogP contribution >= 0.6 is 35.6 Å². The first-order valence-electron chi connectivity index (χ1n) is 7.68. The van der Waals surface area contributed by atoms with E-state index in [1.165, 1.54) is 0 Å². The number of halogens is 3. The number of rotatable bonds is 3. The van der Waals surface area contributed by atoms with Gasteiger partial charge in [0.1, 0.15) is 5.82 Å². The second-order valence-corrected chi connectivity index (χ2v) is 6.36. The van der Waals surface area contributed by atoms with Gasteiger partial charge in [-0.15, -0.1) is 24.0 Å². The van der Waals surface area contributed by atoms with E-state index in [0.29, 0.717) is 6.54 Å². The lowest BCUT2D eigenvalue weighted by Crippen LogP contribution is -2.46. The molecule has 0 saturated heterocycles. The van der Waals surface area contributed by atoms with E-state index in [1.807, 2.05) is 12.1 Å². The Labute approximate surface area is 153 Å². The van der Waals surface area contributed by atoms with Gasteiger partial charge >= 0.3 is 0 Å². The van der Waals surface area contributed by atoms with E-state index in [-0.39, 0.29) is 40.2 Å². The van der Waals surface area contributed by atoms with Gasteiger partial charge in [-0.1, -0.05) is 36.6 Å². The highest BCUT2D eigenvalue weighted by atomic mass is 127. The third kappa shape index (κ3) is 3.67. The number of hydrogen-bond acceptors (Lipinski definition) is 3. The number of nitrogens with zero attached hydrogens (tertiary/aromatic N) is 1. The van der Waals surface area contributed by atoms with Crippen molar-refractivity contribution in [2.75, 3.05) is 19.6 Å². The minimum atomic E-state index is -0.263. The largest absolute Gasteiger partial charge is 0.356 e. The summed E-state index contributed by atoms with van der Waals surface area (Å²) in [5.74, 6) is 0.580. The maximum Gasteiger partial charge on any atom is 0.191 e. The molecule has 0 bridgehead atoms. The van der Waals surface area contributed by atoms with Crippen LogP contribution in [-0.4, -0.2) is 25.6 Å². The topological polar surface area (TPSA) is 36.4 Å². The molecule has 0 aromatic heterocycles. The Balaban J connectivity index is 0.00000176. The zero-order valence-corrected chi connectivity index (χ0v) is 15.6. The molecule has 3 nitrogen and oxygen atoms in total. The lowest BCUT2D eigenvalue weighted by Gasteiger charge is -2.31.